The third-order valence-electron chi connectivity index (χ3n) is 3.94. The summed E-state index contributed by atoms with van der Waals surface area (Å²) in [6.07, 6.45) is 5.69. The van der Waals surface area contributed by atoms with Gasteiger partial charge in [0.05, 0.1) is 6.54 Å². The van der Waals surface area contributed by atoms with E-state index in [1.807, 2.05) is 14.0 Å². The predicted molar refractivity (Wildman–Crippen MR) is 61.8 cm³/mol. The van der Waals surface area contributed by atoms with Gasteiger partial charge in [0.1, 0.15) is 11.6 Å². The first-order valence-corrected chi connectivity index (χ1v) is 6.34. The molecule has 0 aromatic carbocycles. The fourth-order valence-electron chi connectivity index (χ4n) is 2.44. The lowest BCUT2D eigenvalue weighted by atomic mass is 10.1. The first-order valence-electron chi connectivity index (χ1n) is 6.34. The third kappa shape index (κ3) is 1.98. The van der Waals surface area contributed by atoms with Crippen LogP contribution in [0.25, 0.3) is 0 Å². The summed E-state index contributed by atoms with van der Waals surface area (Å²) in [4.78, 5) is 0. The predicted octanol–water partition coefficient (Wildman–Crippen LogP) is 1.40. The molecule has 0 bridgehead atoms. The van der Waals surface area contributed by atoms with Gasteiger partial charge in [0.2, 0.25) is 0 Å². The molecule has 0 saturated heterocycles. The van der Waals surface area contributed by atoms with Gasteiger partial charge >= 0.3 is 0 Å². The van der Waals surface area contributed by atoms with Gasteiger partial charge in [0, 0.05) is 13.1 Å². The van der Waals surface area contributed by atoms with Gasteiger partial charge in [-0.15, -0.1) is 10.2 Å². The Kier molecular flexibility index (Phi) is 2.46. The van der Waals surface area contributed by atoms with Crippen LogP contribution in [0.15, 0.2) is 0 Å². The van der Waals surface area contributed by atoms with Gasteiger partial charge < -0.3 is 9.88 Å². The molecular formula is C12H20N4. The second-order valence-corrected chi connectivity index (χ2v) is 5.30. The van der Waals surface area contributed by atoms with Crippen LogP contribution in [0, 0.1) is 18.8 Å². The Morgan fingerprint density at radius 3 is 2.31 bits per heavy atom. The van der Waals surface area contributed by atoms with E-state index in [1.165, 1.54) is 25.7 Å². The zero-order valence-corrected chi connectivity index (χ0v) is 10.1. The number of nitrogens with one attached hydrogen (secondary N) is 1. The molecule has 4 nitrogen and oxygen atoms in total. The average molecular weight is 220 g/mol. The molecule has 16 heavy (non-hydrogen) atoms. The largest absolute Gasteiger partial charge is 0.317 e. The Bertz CT molecular complexity index is 364. The van der Waals surface area contributed by atoms with Crippen molar-refractivity contribution in [1.29, 1.82) is 0 Å². The minimum atomic E-state index is 0.747. The first-order chi connectivity index (χ1) is 7.75. The van der Waals surface area contributed by atoms with E-state index in [-0.39, 0.29) is 0 Å². The topological polar surface area (TPSA) is 42.7 Å². The second-order valence-electron chi connectivity index (χ2n) is 5.30. The lowest BCUT2D eigenvalue weighted by molar-refractivity contribution is 0.407. The second kappa shape index (κ2) is 3.84. The summed E-state index contributed by atoms with van der Waals surface area (Å²) >= 11 is 0. The highest BCUT2D eigenvalue weighted by Gasteiger charge is 2.41. The van der Waals surface area contributed by atoms with Gasteiger partial charge in [-0.1, -0.05) is 0 Å². The van der Waals surface area contributed by atoms with Gasteiger partial charge in [0.25, 0.3) is 0 Å². The molecule has 0 amide bonds. The summed E-state index contributed by atoms with van der Waals surface area (Å²) in [6.45, 7) is 2.87. The number of nitrogens with zero attached hydrogens (tertiary/aromatic N) is 3. The SMILES string of the molecule is Cc1nnc(CNC(C2CC2)C2CC2)n1C. The maximum atomic E-state index is 4.20. The Morgan fingerprint density at radius 2 is 1.88 bits per heavy atom. The van der Waals surface area contributed by atoms with Crippen molar-refractivity contribution in [2.24, 2.45) is 18.9 Å². The Morgan fingerprint density at radius 1 is 1.25 bits per heavy atom. The maximum Gasteiger partial charge on any atom is 0.146 e. The Labute approximate surface area is 96.4 Å². The van der Waals surface area contributed by atoms with Crippen molar-refractivity contribution in [2.45, 2.75) is 45.2 Å². The first kappa shape index (κ1) is 10.3. The maximum absolute atomic E-state index is 4.20. The van der Waals surface area contributed by atoms with Gasteiger partial charge in [-0.05, 0) is 44.4 Å². The minimum Gasteiger partial charge on any atom is -0.317 e. The molecule has 0 atom stereocenters. The summed E-state index contributed by atoms with van der Waals surface area (Å²) in [6, 6.07) is 0.747. The zero-order chi connectivity index (χ0) is 11.1. The van der Waals surface area contributed by atoms with E-state index >= 15 is 0 Å². The monoisotopic (exact) mass is 220 g/mol. The Balaban J connectivity index is 1.60. The number of hydrogen-bond donors (Lipinski definition) is 1. The van der Waals surface area contributed by atoms with Gasteiger partial charge in [-0.2, -0.15) is 0 Å². The normalized spacial score (nSPS) is 20.7. The van der Waals surface area contributed by atoms with Crippen molar-refractivity contribution in [2.75, 3.05) is 0 Å². The van der Waals surface area contributed by atoms with E-state index in [2.05, 4.69) is 20.1 Å². The van der Waals surface area contributed by atoms with Crippen LogP contribution in [0.3, 0.4) is 0 Å². The van der Waals surface area contributed by atoms with E-state index in [0.717, 1.165) is 36.1 Å². The van der Waals surface area contributed by atoms with E-state index in [0.29, 0.717) is 0 Å². The molecule has 0 radical (unpaired) electrons. The van der Waals surface area contributed by atoms with Crippen LogP contribution in [0.4, 0.5) is 0 Å². The minimum absolute atomic E-state index is 0.747. The molecule has 1 aromatic rings. The quantitative estimate of drug-likeness (QED) is 0.815. The third-order valence-corrected chi connectivity index (χ3v) is 3.94. The van der Waals surface area contributed by atoms with Crippen LogP contribution in [0.2, 0.25) is 0 Å². The van der Waals surface area contributed by atoms with Crippen LogP contribution in [0.1, 0.15) is 37.3 Å². The van der Waals surface area contributed by atoms with E-state index < -0.39 is 0 Å². The molecule has 1 heterocycles. The fraction of sp³-hybridized carbons (Fsp3) is 0.833. The molecular weight excluding hydrogens is 200 g/mol. The van der Waals surface area contributed by atoms with E-state index in [9.17, 15) is 0 Å². The van der Waals surface area contributed by atoms with Crippen molar-refractivity contribution in [3.63, 3.8) is 0 Å². The highest BCUT2D eigenvalue weighted by atomic mass is 15.3. The lowest BCUT2D eigenvalue weighted by Crippen LogP contribution is -2.33. The molecule has 2 aliphatic rings. The number of aryl methyl sites for hydroxylation is 1. The molecule has 1 N–H and O–H groups in total. The molecule has 88 valence electrons. The molecule has 3 rings (SSSR count). The Hall–Kier alpha value is -0.900. The number of hydrogen-bond acceptors (Lipinski definition) is 3. The zero-order valence-electron chi connectivity index (χ0n) is 10.1. The summed E-state index contributed by atoms with van der Waals surface area (Å²) in [5, 5.41) is 12.0. The fourth-order valence-corrected chi connectivity index (χ4v) is 2.44. The summed E-state index contributed by atoms with van der Waals surface area (Å²) in [5.41, 5.74) is 0. The van der Waals surface area contributed by atoms with Crippen molar-refractivity contribution in [1.82, 2.24) is 20.1 Å². The smallest absolute Gasteiger partial charge is 0.146 e. The van der Waals surface area contributed by atoms with Crippen molar-refractivity contribution in [3.8, 4) is 0 Å². The molecule has 2 aliphatic carbocycles. The van der Waals surface area contributed by atoms with Crippen molar-refractivity contribution >= 4 is 0 Å². The molecule has 0 unspecified atom stereocenters. The standard InChI is InChI=1S/C12H20N4/c1-8-14-15-11(16(8)2)7-13-12(9-3-4-9)10-5-6-10/h9-10,12-13H,3-7H2,1-2H3. The molecule has 0 spiro atoms. The van der Waals surface area contributed by atoms with Crippen LogP contribution >= 0.6 is 0 Å². The van der Waals surface area contributed by atoms with Crippen LogP contribution in [-0.2, 0) is 13.6 Å². The highest BCUT2D eigenvalue weighted by Crippen LogP contribution is 2.44. The van der Waals surface area contributed by atoms with Crippen LogP contribution in [0.5, 0.6) is 0 Å². The van der Waals surface area contributed by atoms with Gasteiger partial charge in [-0.3, -0.25) is 0 Å². The molecule has 1 aromatic heterocycles. The van der Waals surface area contributed by atoms with Crippen molar-refractivity contribution in [3.05, 3.63) is 11.6 Å². The van der Waals surface area contributed by atoms with Crippen molar-refractivity contribution < 1.29 is 0 Å². The summed E-state index contributed by atoms with van der Waals surface area (Å²) in [5.74, 6) is 3.94. The number of rotatable bonds is 5. The van der Waals surface area contributed by atoms with Crippen LogP contribution in [-0.4, -0.2) is 20.8 Å². The summed E-state index contributed by atoms with van der Waals surface area (Å²) < 4.78 is 2.07. The number of aromatic nitrogens is 3. The van der Waals surface area contributed by atoms with Gasteiger partial charge in [0.15, 0.2) is 0 Å². The highest BCUT2D eigenvalue weighted by molar-refractivity contribution is 4.98. The average Bonchev–Trinajstić information content (AvgIpc) is 3.15. The van der Waals surface area contributed by atoms with E-state index in [4.69, 9.17) is 0 Å². The molecule has 0 aliphatic heterocycles. The molecule has 2 fully saturated rings. The molecule has 4 heteroatoms. The molecule has 2 saturated carbocycles. The lowest BCUT2D eigenvalue weighted by Gasteiger charge is -2.17. The summed E-state index contributed by atoms with van der Waals surface area (Å²) in [7, 11) is 2.04. The van der Waals surface area contributed by atoms with Crippen LogP contribution < -0.4 is 5.32 Å². The van der Waals surface area contributed by atoms with Gasteiger partial charge in [-0.25, -0.2) is 0 Å². The van der Waals surface area contributed by atoms with E-state index in [1.54, 1.807) is 0 Å².